The maximum Gasteiger partial charge on any atom is 0.207 e. The van der Waals surface area contributed by atoms with Crippen LogP contribution in [0.1, 0.15) is 15.9 Å². The number of aliphatic hydroxyl groups is 1. The molecule has 0 atom stereocenters. The fraction of sp³-hybridized carbons (Fsp3) is 0. The summed E-state index contributed by atoms with van der Waals surface area (Å²) in [5, 5.41) is 19.4. The maximum absolute atomic E-state index is 12.3. The van der Waals surface area contributed by atoms with Crippen molar-refractivity contribution in [1.82, 2.24) is 0 Å². The van der Waals surface area contributed by atoms with Crippen LogP contribution in [0.3, 0.4) is 0 Å². The first-order valence-corrected chi connectivity index (χ1v) is 7.51. The van der Waals surface area contributed by atoms with Crippen LogP contribution in [0.15, 0.2) is 63.0 Å². The quantitative estimate of drug-likeness (QED) is 0.341. The van der Waals surface area contributed by atoms with Gasteiger partial charge < -0.3 is 5.11 Å². The molecule has 3 nitrogen and oxygen atoms in total. The van der Waals surface area contributed by atoms with Crippen molar-refractivity contribution in [3.63, 3.8) is 0 Å². The maximum atomic E-state index is 12.3. The van der Waals surface area contributed by atoms with Crippen LogP contribution in [0.4, 0.5) is 0 Å². The third kappa shape index (κ3) is 3.60. The number of hydrogen-bond donors (Lipinski definition) is 1. The Kier molecular flexibility index (Phi) is 4.94. The number of benzene rings is 2. The lowest BCUT2D eigenvalue weighted by molar-refractivity contribution is 0.103. The molecule has 21 heavy (non-hydrogen) atoms. The minimum atomic E-state index is -0.509. The molecule has 0 heterocycles. The van der Waals surface area contributed by atoms with E-state index in [9.17, 15) is 15.2 Å². The first kappa shape index (κ1) is 15.5. The molecule has 0 aliphatic carbocycles. The van der Waals surface area contributed by atoms with Gasteiger partial charge in [0.2, 0.25) is 5.78 Å². The van der Waals surface area contributed by atoms with E-state index in [1.54, 1.807) is 54.6 Å². The SMILES string of the molecule is N#CC(C(=O)c1ccc(Br)cc1)=C(O)c1ccc(Br)cc1. The van der Waals surface area contributed by atoms with Crippen molar-refractivity contribution in [2.45, 2.75) is 0 Å². The van der Waals surface area contributed by atoms with E-state index in [0.717, 1.165) is 8.95 Å². The summed E-state index contributed by atoms with van der Waals surface area (Å²) in [6.45, 7) is 0. The van der Waals surface area contributed by atoms with Crippen LogP contribution in [0.2, 0.25) is 0 Å². The summed E-state index contributed by atoms with van der Waals surface area (Å²) in [5.74, 6) is -0.830. The minimum absolute atomic E-state index is 0.278. The molecule has 0 radical (unpaired) electrons. The Morgan fingerprint density at radius 2 is 1.33 bits per heavy atom. The molecule has 2 rings (SSSR count). The normalized spacial score (nSPS) is 11.5. The van der Waals surface area contributed by atoms with Gasteiger partial charge in [0.15, 0.2) is 0 Å². The number of hydrogen-bond acceptors (Lipinski definition) is 3. The third-order valence-corrected chi connectivity index (χ3v) is 3.86. The zero-order chi connectivity index (χ0) is 15.4. The topological polar surface area (TPSA) is 61.1 Å². The zero-order valence-corrected chi connectivity index (χ0v) is 13.8. The van der Waals surface area contributed by atoms with E-state index < -0.39 is 5.78 Å². The average Bonchev–Trinajstić information content (AvgIpc) is 2.49. The number of Topliss-reactive ketones (excluding diaryl/α,β-unsaturated/α-hetero) is 1. The Balaban J connectivity index is 2.44. The Morgan fingerprint density at radius 3 is 1.76 bits per heavy atom. The lowest BCUT2D eigenvalue weighted by atomic mass is 10.0. The number of carbonyl (C=O) groups is 1. The Hall–Kier alpha value is -1.90. The second-order valence-corrected chi connectivity index (χ2v) is 6.01. The van der Waals surface area contributed by atoms with Crippen LogP contribution >= 0.6 is 31.9 Å². The van der Waals surface area contributed by atoms with Crippen LogP contribution in [0.5, 0.6) is 0 Å². The van der Waals surface area contributed by atoms with Crippen LogP contribution in [0.25, 0.3) is 5.76 Å². The molecule has 0 saturated carbocycles. The molecule has 0 bridgehead atoms. The van der Waals surface area contributed by atoms with Crippen molar-refractivity contribution < 1.29 is 9.90 Å². The molecule has 5 heteroatoms. The van der Waals surface area contributed by atoms with E-state index in [2.05, 4.69) is 31.9 Å². The van der Waals surface area contributed by atoms with E-state index in [1.165, 1.54) is 0 Å². The standard InChI is InChI=1S/C16H9Br2NO2/c17-12-5-1-10(2-6-12)15(20)14(9-19)16(21)11-3-7-13(18)8-4-11/h1-8,20H. The van der Waals surface area contributed by atoms with Gasteiger partial charge in [0, 0.05) is 20.1 Å². The first-order chi connectivity index (χ1) is 10.0. The number of carbonyl (C=O) groups excluding carboxylic acids is 1. The molecule has 2 aromatic carbocycles. The summed E-state index contributed by atoms with van der Waals surface area (Å²) in [6.07, 6.45) is 0. The Morgan fingerprint density at radius 1 is 0.905 bits per heavy atom. The summed E-state index contributed by atoms with van der Waals surface area (Å²) in [6, 6.07) is 15.1. The Bertz CT molecular complexity index is 741. The number of nitrogens with zero attached hydrogens (tertiary/aromatic N) is 1. The molecule has 0 saturated heterocycles. The van der Waals surface area contributed by atoms with Crippen LogP contribution in [-0.2, 0) is 0 Å². The van der Waals surface area contributed by atoms with Gasteiger partial charge in [-0.1, -0.05) is 44.0 Å². The molecule has 0 fully saturated rings. The van der Waals surface area contributed by atoms with Gasteiger partial charge in [-0.15, -0.1) is 0 Å². The molecule has 0 aliphatic rings. The van der Waals surface area contributed by atoms with Crippen molar-refractivity contribution in [3.05, 3.63) is 74.2 Å². The predicted octanol–water partition coefficient (Wildman–Crippen LogP) is 4.89. The number of allylic oxidation sites excluding steroid dienone is 1. The van der Waals surface area contributed by atoms with Crippen molar-refractivity contribution in [2.24, 2.45) is 0 Å². The molecule has 0 spiro atoms. The van der Waals surface area contributed by atoms with Crippen molar-refractivity contribution in [3.8, 4) is 6.07 Å². The number of ketones is 1. The van der Waals surface area contributed by atoms with Gasteiger partial charge in [0.25, 0.3) is 0 Å². The van der Waals surface area contributed by atoms with E-state index in [0.29, 0.717) is 11.1 Å². The van der Waals surface area contributed by atoms with E-state index in [4.69, 9.17) is 0 Å². The predicted molar refractivity (Wildman–Crippen MR) is 87.8 cm³/mol. The second-order valence-electron chi connectivity index (χ2n) is 4.18. The molecule has 0 aliphatic heterocycles. The minimum Gasteiger partial charge on any atom is -0.506 e. The van der Waals surface area contributed by atoms with Gasteiger partial charge >= 0.3 is 0 Å². The summed E-state index contributed by atoms with van der Waals surface area (Å²) in [5.41, 5.74) is 0.485. The zero-order valence-electron chi connectivity index (χ0n) is 10.7. The molecule has 0 unspecified atom stereocenters. The highest BCUT2D eigenvalue weighted by molar-refractivity contribution is 9.10. The van der Waals surface area contributed by atoms with Gasteiger partial charge in [0.05, 0.1) is 0 Å². The van der Waals surface area contributed by atoms with E-state index >= 15 is 0 Å². The molecule has 2 aromatic rings. The van der Waals surface area contributed by atoms with Gasteiger partial charge in [0.1, 0.15) is 17.4 Å². The number of rotatable bonds is 3. The van der Waals surface area contributed by atoms with Gasteiger partial charge in [-0.25, -0.2) is 0 Å². The second kappa shape index (κ2) is 6.70. The summed E-state index contributed by atoms with van der Waals surface area (Å²) in [7, 11) is 0. The summed E-state index contributed by atoms with van der Waals surface area (Å²) >= 11 is 6.57. The third-order valence-electron chi connectivity index (χ3n) is 2.80. The Labute approximate surface area is 138 Å². The fourth-order valence-corrected chi connectivity index (χ4v) is 2.24. The monoisotopic (exact) mass is 405 g/mol. The van der Waals surface area contributed by atoms with Gasteiger partial charge in [-0.2, -0.15) is 5.26 Å². The highest BCUT2D eigenvalue weighted by atomic mass is 79.9. The van der Waals surface area contributed by atoms with Crippen molar-refractivity contribution in [2.75, 3.05) is 0 Å². The highest BCUT2D eigenvalue weighted by Gasteiger charge is 2.18. The lowest BCUT2D eigenvalue weighted by Gasteiger charge is -2.05. The van der Waals surface area contributed by atoms with E-state index in [1.807, 2.05) is 0 Å². The lowest BCUT2D eigenvalue weighted by Crippen LogP contribution is -2.05. The first-order valence-electron chi connectivity index (χ1n) is 5.92. The summed E-state index contributed by atoms with van der Waals surface area (Å²) < 4.78 is 1.68. The van der Waals surface area contributed by atoms with Crippen LogP contribution in [0, 0.1) is 11.3 Å². The van der Waals surface area contributed by atoms with Gasteiger partial charge in [-0.3, -0.25) is 4.79 Å². The largest absolute Gasteiger partial charge is 0.506 e. The van der Waals surface area contributed by atoms with E-state index in [-0.39, 0.29) is 11.3 Å². The van der Waals surface area contributed by atoms with Crippen LogP contribution < -0.4 is 0 Å². The molecular weight excluding hydrogens is 398 g/mol. The molecule has 104 valence electrons. The van der Waals surface area contributed by atoms with Gasteiger partial charge in [-0.05, 0) is 36.4 Å². The number of halogens is 2. The average molecular weight is 407 g/mol. The smallest absolute Gasteiger partial charge is 0.207 e. The number of aliphatic hydroxyl groups excluding tert-OH is 1. The highest BCUT2D eigenvalue weighted by Crippen LogP contribution is 2.22. The van der Waals surface area contributed by atoms with Crippen molar-refractivity contribution in [1.29, 1.82) is 5.26 Å². The molecule has 0 aromatic heterocycles. The molecular formula is C16H9Br2NO2. The summed E-state index contributed by atoms with van der Waals surface area (Å²) in [4.78, 5) is 12.3. The molecule has 0 amide bonds. The molecule has 1 N–H and O–H groups in total. The fourth-order valence-electron chi connectivity index (χ4n) is 1.71. The van der Waals surface area contributed by atoms with Crippen LogP contribution in [-0.4, -0.2) is 10.9 Å². The van der Waals surface area contributed by atoms with Crippen molar-refractivity contribution >= 4 is 43.4 Å². The number of nitriles is 1.